The van der Waals surface area contributed by atoms with Crippen molar-refractivity contribution in [3.63, 3.8) is 0 Å². The average Bonchev–Trinajstić information content (AvgIpc) is 3.09. The van der Waals surface area contributed by atoms with Crippen LogP contribution in [0.3, 0.4) is 0 Å². The van der Waals surface area contributed by atoms with Crippen LogP contribution in [0, 0.1) is 11.3 Å². The normalized spacial score (nSPS) is 30.8. The van der Waals surface area contributed by atoms with Gasteiger partial charge in [-0.1, -0.05) is 41.0 Å². The smallest absolute Gasteiger partial charge is 0.337 e. The molecule has 0 spiro atoms. The summed E-state index contributed by atoms with van der Waals surface area (Å²) >= 11 is 13.2. The van der Waals surface area contributed by atoms with Gasteiger partial charge in [0.2, 0.25) is 0 Å². The van der Waals surface area contributed by atoms with Crippen molar-refractivity contribution < 1.29 is 24.5 Å². The third-order valence-electron chi connectivity index (χ3n) is 5.53. The summed E-state index contributed by atoms with van der Waals surface area (Å²) in [7, 11) is 0. The highest BCUT2D eigenvalue weighted by molar-refractivity contribution is 7.99. The Kier molecular flexibility index (Phi) is 4.81. The number of carboxylic acid groups (broad SMARTS) is 2. The van der Waals surface area contributed by atoms with Crippen molar-refractivity contribution in [2.24, 2.45) is 11.3 Å². The molecule has 0 radical (unpaired) electrons. The molecule has 1 aromatic carbocycles. The Morgan fingerprint density at radius 3 is 2.64 bits per heavy atom. The zero-order valence-electron chi connectivity index (χ0n) is 14.3. The van der Waals surface area contributed by atoms with Crippen LogP contribution in [0.4, 0.5) is 0 Å². The monoisotopic (exact) mass is 443 g/mol. The molecule has 2 fully saturated rings. The summed E-state index contributed by atoms with van der Waals surface area (Å²) in [4.78, 5) is 28.4. The van der Waals surface area contributed by atoms with Crippen LogP contribution in [0.2, 0.25) is 10.0 Å². The van der Waals surface area contributed by atoms with Crippen LogP contribution in [-0.2, 0) is 20.9 Å². The lowest BCUT2D eigenvalue weighted by atomic mass is 9.84. The maximum Gasteiger partial charge on any atom is 0.337 e. The first kappa shape index (κ1) is 19.5. The summed E-state index contributed by atoms with van der Waals surface area (Å²) in [6, 6.07) is 4.82. The van der Waals surface area contributed by atoms with Crippen LogP contribution < -0.4 is 0 Å². The number of carbonyl (C=O) groups is 2. The van der Waals surface area contributed by atoms with Gasteiger partial charge in [-0.05, 0) is 30.0 Å². The molecule has 148 valence electrons. The molecule has 0 bridgehead atoms. The minimum absolute atomic E-state index is 0.0476. The lowest BCUT2D eigenvalue weighted by Gasteiger charge is -2.32. The largest absolute Gasteiger partial charge is 0.481 e. The van der Waals surface area contributed by atoms with Crippen LogP contribution >= 0.6 is 35.0 Å². The Balaban J connectivity index is 1.62. The van der Waals surface area contributed by atoms with Gasteiger partial charge in [0.25, 0.3) is 0 Å². The van der Waals surface area contributed by atoms with Crippen LogP contribution in [0.5, 0.6) is 0 Å². The van der Waals surface area contributed by atoms with Gasteiger partial charge in [0.1, 0.15) is 11.7 Å². The SMILES string of the molecule is O=C(O)C1(OCc2ccc(Cl)c(Cl)c2)CC(Sc2ncn[nH]2)C2CC21C(=O)O. The van der Waals surface area contributed by atoms with Gasteiger partial charge in [-0.2, -0.15) is 5.10 Å². The molecule has 3 N–H and O–H groups in total. The Hall–Kier alpha value is -1.81. The molecule has 4 rings (SSSR count). The first-order valence-corrected chi connectivity index (χ1v) is 10.0. The van der Waals surface area contributed by atoms with E-state index < -0.39 is 23.0 Å². The van der Waals surface area contributed by atoms with Crippen molar-refractivity contribution in [3.05, 3.63) is 40.1 Å². The van der Waals surface area contributed by atoms with Gasteiger partial charge in [-0.25, -0.2) is 9.78 Å². The molecule has 1 heterocycles. The van der Waals surface area contributed by atoms with E-state index in [4.69, 9.17) is 27.9 Å². The second-order valence-electron chi connectivity index (χ2n) is 6.91. The fraction of sp³-hybridized carbons (Fsp3) is 0.412. The molecule has 0 amide bonds. The number of ether oxygens (including phenoxy) is 1. The van der Waals surface area contributed by atoms with E-state index in [-0.39, 0.29) is 30.6 Å². The van der Waals surface area contributed by atoms with Crippen molar-refractivity contribution in [3.8, 4) is 0 Å². The van der Waals surface area contributed by atoms with E-state index in [1.807, 2.05) is 0 Å². The number of benzene rings is 1. The van der Waals surface area contributed by atoms with Crippen molar-refractivity contribution >= 4 is 46.9 Å². The number of nitrogens with zero attached hydrogens (tertiary/aromatic N) is 2. The van der Waals surface area contributed by atoms with Crippen molar-refractivity contribution in [1.29, 1.82) is 0 Å². The van der Waals surface area contributed by atoms with Gasteiger partial charge in [0.15, 0.2) is 10.8 Å². The van der Waals surface area contributed by atoms with Crippen molar-refractivity contribution in [1.82, 2.24) is 15.2 Å². The number of hydrogen-bond acceptors (Lipinski definition) is 6. The zero-order valence-corrected chi connectivity index (χ0v) is 16.6. The molecular formula is C17H15Cl2N3O5S. The van der Waals surface area contributed by atoms with Gasteiger partial charge >= 0.3 is 11.9 Å². The molecule has 2 aromatic rings. The summed E-state index contributed by atoms with van der Waals surface area (Å²) in [5.74, 6) is -2.77. The first-order valence-electron chi connectivity index (χ1n) is 8.37. The van der Waals surface area contributed by atoms with E-state index in [2.05, 4.69) is 15.2 Å². The van der Waals surface area contributed by atoms with E-state index in [0.29, 0.717) is 20.8 Å². The highest BCUT2D eigenvalue weighted by atomic mass is 35.5. The van der Waals surface area contributed by atoms with Crippen molar-refractivity contribution in [2.45, 2.75) is 35.5 Å². The minimum atomic E-state index is -1.84. The number of fused-ring (bicyclic) bond motifs is 1. The summed E-state index contributed by atoms with van der Waals surface area (Å²) < 4.78 is 5.86. The molecular weight excluding hydrogens is 429 g/mol. The zero-order chi connectivity index (χ0) is 20.1. The number of rotatable bonds is 7. The lowest BCUT2D eigenvalue weighted by Crippen LogP contribution is -2.51. The second kappa shape index (κ2) is 6.91. The third-order valence-corrected chi connectivity index (χ3v) is 7.48. The number of H-pyrrole nitrogens is 1. The molecule has 1 aromatic heterocycles. The van der Waals surface area contributed by atoms with Gasteiger partial charge in [-0.15, -0.1) is 0 Å². The summed E-state index contributed by atoms with van der Waals surface area (Å²) in [5.41, 5.74) is -2.70. The average molecular weight is 444 g/mol. The Morgan fingerprint density at radius 1 is 1.25 bits per heavy atom. The fourth-order valence-electron chi connectivity index (χ4n) is 4.11. The number of aromatic amines is 1. The molecule has 4 atom stereocenters. The molecule has 0 saturated heterocycles. The highest BCUT2D eigenvalue weighted by Crippen LogP contribution is 2.72. The van der Waals surface area contributed by atoms with Crippen LogP contribution in [0.15, 0.2) is 29.7 Å². The summed E-state index contributed by atoms with van der Waals surface area (Å²) in [6.45, 7) is -0.0926. The lowest BCUT2D eigenvalue weighted by molar-refractivity contribution is -0.187. The van der Waals surface area contributed by atoms with Gasteiger partial charge in [0, 0.05) is 11.7 Å². The minimum Gasteiger partial charge on any atom is -0.481 e. The number of aliphatic carboxylic acids is 2. The van der Waals surface area contributed by atoms with E-state index in [9.17, 15) is 19.8 Å². The second-order valence-corrected chi connectivity index (χ2v) is 8.95. The molecule has 2 aliphatic carbocycles. The van der Waals surface area contributed by atoms with Gasteiger partial charge in [0.05, 0.1) is 16.7 Å². The number of halogens is 2. The standard InChI is InChI=1S/C17H15Cl2N3O5S/c18-10-2-1-8(3-11(10)19)6-27-17(14(25)26)5-12(28-15-20-7-21-22-15)9-4-16(9,17)13(23)24/h1-3,7,9,12H,4-6H2,(H,23,24)(H,25,26)(H,20,21,22). The van der Waals surface area contributed by atoms with Crippen LogP contribution in [0.25, 0.3) is 0 Å². The molecule has 8 nitrogen and oxygen atoms in total. The predicted octanol–water partition coefficient (Wildman–Crippen LogP) is 3.11. The topological polar surface area (TPSA) is 125 Å². The maximum absolute atomic E-state index is 12.3. The highest BCUT2D eigenvalue weighted by Gasteiger charge is 2.82. The number of hydrogen-bond donors (Lipinski definition) is 3. The number of thioether (sulfide) groups is 1. The van der Waals surface area contributed by atoms with E-state index in [1.165, 1.54) is 18.1 Å². The molecule has 2 saturated carbocycles. The number of carboxylic acids is 2. The Morgan fingerprint density at radius 2 is 2.04 bits per heavy atom. The Labute approximate surface area is 173 Å². The first-order chi connectivity index (χ1) is 13.3. The molecule has 2 aliphatic rings. The molecule has 11 heteroatoms. The molecule has 28 heavy (non-hydrogen) atoms. The van der Waals surface area contributed by atoms with E-state index in [1.54, 1.807) is 18.2 Å². The summed E-state index contributed by atoms with van der Waals surface area (Å²) in [6.07, 6.45) is 1.63. The fourth-order valence-corrected chi connectivity index (χ4v) is 5.74. The Bertz CT molecular complexity index is 943. The van der Waals surface area contributed by atoms with Crippen LogP contribution in [0.1, 0.15) is 18.4 Å². The van der Waals surface area contributed by atoms with Crippen molar-refractivity contribution in [2.75, 3.05) is 0 Å². The molecule has 0 aliphatic heterocycles. The van der Waals surface area contributed by atoms with E-state index >= 15 is 0 Å². The predicted molar refractivity (Wildman–Crippen MR) is 100 cm³/mol. The van der Waals surface area contributed by atoms with Crippen LogP contribution in [-0.4, -0.2) is 48.2 Å². The quantitative estimate of drug-likeness (QED) is 0.595. The van der Waals surface area contributed by atoms with Gasteiger partial charge < -0.3 is 14.9 Å². The number of aromatic nitrogens is 3. The van der Waals surface area contributed by atoms with E-state index in [0.717, 1.165) is 0 Å². The number of nitrogens with one attached hydrogen (secondary N) is 1. The molecule has 4 unspecified atom stereocenters. The summed E-state index contributed by atoms with van der Waals surface area (Å²) in [5, 5.41) is 27.3. The maximum atomic E-state index is 12.3. The van der Waals surface area contributed by atoms with Gasteiger partial charge in [-0.3, -0.25) is 9.89 Å². The third kappa shape index (κ3) is 2.88.